The van der Waals surface area contributed by atoms with Gasteiger partial charge in [0.05, 0.1) is 23.2 Å². The third-order valence-electron chi connectivity index (χ3n) is 4.01. The predicted molar refractivity (Wildman–Crippen MR) is 109 cm³/mol. The highest BCUT2D eigenvalue weighted by atomic mass is 32.1. The molecular weight excluding hydrogens is 380 g/mol. The van der Waals surface area contributed by atoms with Gasteiger partial charge in [-0.3, -0.25) is 15.6 Å². The zero-order chi connectivity index (χ0) is 20.1. The summed E-state index contributed by atoms with van der Waals surface area (Å²) >= 11 is 4.87. The van der Waals surface area contributed by atoms with E-state index in [1.807, 2.05) is 28.8 Å². The molecule has 8 nitrogen and oxygen atoms in total. The van der Waals surface area contributed by atoms with Crippen LogP contribution in [0.4, 0.5) is 0 Å². The fraction of sp³-hybridized carbons (Fsp3) is 0.211. The third kappa shape index (κ3) is 3.99. The molecule has 0 bridgehead atoms. The van der Waals surface area contributed by atoms with Crippen molar-refractivity contribution in [2.75, 3.05) is 20.3 Å². The first-order chi connectivity index (χ1) is 13.5. The van der Waals surface area contributed by atoms with Crippen LogP contribution in [0.15, 0.2) is 42.6 Å². The van der Waals surface area contributed by atoms with Gasteiger partial charge in [-0.15, -0.1) is 0 Å². The zero-order valence-corrected chi connectivity index (χ0v) is 16.3. The molecule has 0 saturated carbocycles. The number of benzene rings is 1. The van der Waals surface area contributed by atoms with E-state index in [1.54, 1.807) is 32.2 Å². The largest absolute Gasteiger partial charge is 0.484 e. The van der Waals surface area contributed by atoms with Crippen LogP contribution in [0.25, 0.3) is 16.4 Å². The van der Waals surface area contributed by atoms with Crippen LogP contribution >= 0.6 is 12.2 Å². The van der Waals surface area contributed by atoms with Crippen molar-refractivity contribution < 1.29 is 19.1 Å². The van der Waals surface area contributed by atoms with Crippen LogP contribution in [0, 0.1) is 0 Å². The van der Waals surface area contributed by atoms with Gasteiger partial charge in [0.15, 0.2) is 11.7 Å². The smallest absolute Gasteiger partial charge is 0.340 e. The first-order valence-electron chi connectivity index (χ1n) is 8.64. The van der Waals surface area contributed by atoms with E-state index in [0.29, 0.717) is 23.0 Å². The lowest BCUT2D eigenvalue weighted by atomic mass is 10.1. The van der Waals surface area contributed by atoms with Crippen molar-refractivity contribution in [3.05, 3.63) is 48.2 Å². The van der Waals surface area contributed by atoms with Gasteiger partial charge in [-0.2, -0.15) is 0 Å². The summed E-state index contributed by atoms with van der Waals surface area (Å²) in [5.41, 5.74) is 6.99. The Morgan fingerprint density at radius 3 is 2.71 bits per heavy atom. The lowest BCUT2D eigenvalue weighted by molar-refractivity contribution is -0.123. The van der Waals surface area contributed by atoms with Crippen LogP contribution in [0.5, 0.6) is 5.75 Å². The van der Waals surface area contributed by atoms with Gasteiger partial charge in [-0.05, 0) is 43.4 Å². The van der Waals surface area contributed by atoms with E-state index in [0.717, 1.165) is 16.4 Å². The second-order valence-electron chi connectivity index (χ2n) is 5.77. The van der Waals surface area contributed by atoms with E-state index in [1.165, 1.54) is 0 Å². The average Bonchev–Trinajstić information content (AvgIpc) is 3.04. The van der Waals surface area contributed by atoms with E-state index in [-0.39, 0.29) is 18.5 Å². The van der Waals surface area contributed by atoms with Gasteiger partial charge in [0.2, 0.25) is 0 Å². The van der Waals surface area contributed by atoms with Crippen LogP contribution in [-0.2, 0) is 9.53 Å². The summed E-state index contributed by atoms with van der Waals surface area (Å²) in [4.78, 5) is 24.3. The molecule has 0 spiro atoms. The number of aromatic nitrogens is 1. The summed E-state index contributed by atoms with van der Waals surface area (Å²) in [7, 11) is 1.64. The lowest BCUT2D eigenvalue weighted by Gasteiger charge is -2.10. The average molecular weight is 400 g/mol. The maximum absolute atomic E-state index is 12.4. The van der Waals surface area contributed by atoms with Gasteiger partial charge in [-0.25, -0.2) is 4.79 Å². The summed E-state index contributed by atoms with van der Waals surface area (Å²) in [6.07, 6.45) is 1.86. The summed E-state index contributed by atoms with van der Waals surface area (Å²) in [6.45, 7) is 1.87. The van der Waals surface area contributed by atoms with Crippen molar-refractivity contribution in [1.29, 1.82) is 0 Å². The first-order valence-corrected chi connectivity index (χ1v) is 9.05. The number of carbonyl (C=O) groups excluding carboxylic acids is 2. The Morgan fingerprint density at radius 2 is 1.96 bits per heavy atom. The molecule has 0 aliphatic rings. The van der Waals surface area contributed by atoms with E-state index in [2.05, 4.69) is 16.2 Å². The molecule has 9 heteroatoms. The van der Waals surface area contributed by atoms with Crippen molar-refractivity contribution >= 4 is 45.6 Å². The molecular formula is C19H20N4O4S. The molecule has 3 aromatic rings. The number of nitrogens with zero attached hydrogens (tertiary/aromatic N) is 1. The summed E-state index contributed by atoms with van der Waals surface area (Å²) in [5, 5.41) is 3.72. The highest BCUT2D eigenvalue weighted by molar-refractivity contribution is 7.80. The minimum atomic E-state index is -0.384. The minimum absolute atomic E-state index is 0.196. The molecule has 2 heterocycles. The van der Waals surface area contributed by atoms with Crippen molar-refractivity contribution in [1.82, 2.24) is 20.6 Å². The van der Waals surface area contributed by atoms with Crippen LogP contribution in [-0.4, -0.2) is 41.7 Å². The topological polar surface area (TPSA) is 93.1 Å². The Morgan fingerprint density at radius 1 is 1.14 bits per heavy atom. The number of carbonyl (C=O) groups is 2. The lowest BCUT2D eigenvalue weighted by Crippen LogP contribution is -2.47. The number of thiocarbonyl (C=S) groups is 1. The molecule has 0 aliphatic carbocycles. The maximum atomic E-state index is 12.4. The van der Waals surface area contributed by atoms with Crippen molar-refractivity contribution in [3.8, 4) is 5.75 Å². The molecule has 0 aliphatic heterocycles. The first kappa shape index (κ1) is 19.4. The number of hydrogen-bond acceptors (Lipinski definition) is 5. The fourth-order valence-electron chi connectivity index (χ4n) is 2.80. The van der Waals surface area contributed by atoms with Crippen LogP contribution in [0.2, 0.25) is 0 Å². The summed E-state index contributed by atoms with van der Waals surface area (Å²) in [6, 6.07) is 10.9. The number of rotatable bonds is 5. The number of esters is 1. The molecule has 3 N–H and O–H groups in total. The number of nitrogens with one attached hydrogen (secondary N) is 3. The maximum Gasteiger partial charge on any atom is 0.340 e. The molecule has 146 valence electrons. The highest BCUT2D eigenvalue weighted by Gasteiger charge is 2.19. The van der Waals surface area contributed by atoms with E-state index >= 15 is 0 Å². The van der Waals surface area contributed by atoms with Gasteiger partial charge >= 0.3 is 5.97 Å². The number of fused-ring (bicyclic) bond motifs is 3. The number of ether oxygens (including phenoxy) is 2. The zero-order valence-electron chi connectivity index (χ0n) is 15.4. The Labute approximate surface area is 166 Å². The SMILES string of the molecule is CCOC(=O)c1c2ccc(OCC(=O)NNC(=S)NC)cc2n2ccccc12. The van der Waals surface area contributed by atoms with Gasteiger partial charge < -0.3 is 19.2 Å². The van der Waals surface area contributed by atoms with Gasteiger partial charge in [0.25, 0.3) is 5.91 Å². The number of hydrazine groups is 1. The number of amides is 1. The van der Waals surface area contributed by atoms with Crippen LogP contribution in [0.3, 0.4) is 0 Å². The van der Waals surface area contributed by atoms with Gasteiger partial charge in [0, 0.05) is 24.7 Å². The van der Waals surface area contributed by atoms with E-state index in [4.69, 9.17) is 21.7 Å². The molecule has 0 atom stereocenters. The Hall–Kier alpha value is -3.33. The molecule has 0 saturated heterocycles. The summed E-state index contributed by atoms with van der Waals surface area (Å²) < 4.78 is 12.7. The monoisotopic (exact) mass is 400 g/mol. The Balaban J connectivity index is 1.85. The van der Waals surface area contributed by atoms with Crippen molar-refractivity contribution in [2.24, 2.45) is 0 Å². The molecule has 3 rings (SSSR count). The molecule has 0 radical (unpaired) electrons. The second-order valence-corrected chi connectivity index (χ2v) is 6.18. The molecule has 0 fully saturated rings. The highest BCUT2D eigenvalue weighted by Crippen LogP contribution is 2.30. The fourth-order valence-corrected chi connectivity index (χ4v) is 2.85. The van der Waals surface area contributed by atoms with Gasteiger partial charge in [0.1, 0.15) is 5.75 Å². The van der Waals surface area contributed by atoms with Gasteiger partial charge in [-0.1, -0.05) is 6.07 Å². The minimum Gasteiger partial charge on any atom is -0.484 e. The quantitative estimate of drug-likeness (QED) is 0.341. The predicted octanol–water partition coefficient (Wildman–Crippen LogP) is 1.77. The van der Waals surface area contributed by atoms with Crippen molar-refractivity contribution in [3.63, 3.8) is 0 Å². The Bertz CT molecular complexity index is 1050. The third-order valence-corrected chi connectivity index (χ3v) is 4.31. The Kier molecular flexibility index (Phi) is 5.95. The number of pyridine rings is 1. The van der Waals surface area contributed by atoms with E-state index < -0.39 is 0 Å². The van der Waals surface area contributed by atoms with E-state index in [9.17, 15) is 9.59 Å². The standard InChI is InChI=1S/C19H20N4O4S/c1-3-26-18(25)17-13-8-7-12(27-11-16(24)21-22-19(28)20-2)10-15(13)23-9-5-4-6-14(17)23/h4-10H,3,11H2,1-2H3,(H,21,24)(H2,20,22,28). The number of hydrogen-bond donors (Lipinski definition) is 3. The molecule has 2 aromatic heterocycles. The molecule has 0 unspecified atom stereocenters. The normalized spacial score (nSPS) is 10.5. The second kappa shape index (κ2) is 8.57. The van der Waals surface area contributed by atoms with Crippen LogP contribution < -0.4 is 20.9 Å². The van der Waals surface area contributed by atoms with Crippen LogP contribution in [0.1, 0.15) is 17.3 Å². The summed E-state index contributed by atoms with van der Waals surface area (Å²) in [5.74, 6) is -0.261. The van der Waals surface area contributed by atoms with Crippen molar-refractivity contribution in [2.45, 2.75) is 6.92 Å². The molecule has 1 amide bonds. The molecule has 28 heavy (non-hydrogen) atoms. The molecule has 1 aromatic carbocycles.